The normalized spacial score (nSPS) is 19.7. The summed E-state index contributed by atoms with van der Waals surface area (Å²) < 4.78 is 26.5. The van der Waals surface area contributed by atoms with Crippen molar-refractivity contribution in [2.24, 2.45) is 11.3 Å². The lowest BCUT2D eigenvalue weighted by atomic mass is 9.85. The van der Waals surface area contributed by atoms with E-state index in [1.807, 2.05) is 72.2 Å². The molecule has 2 atom stereocenters. The Morgan fingerprint density at radius 1 is 1.06 bits per heavy atom. The Balaban J connectivity index is 1.22. The highest BCUT2D eigenvalue weighted by atomic mass is 32.1. The van der Waals surface area contributed by atoms with Crippen molar-refractivity contribution in [3.63, 3.8) is 0 Å². The smallest absolute Gasteiger partial charge is 0.410 e. The second-order valence-corrected chi connectivity index (χ2v) is 17.1. The average Bonchev–Trinajstić information content (AvgIpc) is 3.41. The van der Waals surface area contributed by atoms with Crippen molar-refractivity contribution in [3.05, 3.63) is 35.0 Å². The first kappa shape index (κ1) is 38.5. The monoisotopic (exact) mass is 727 g/mol. The Morgan fingerprint density at radius 2 is 1.76 bits per heavy atom. The number of aromatic nitrogens is 1. The van der Waals surface area contributed by atoms with Gasteiger partial charge in [-0.3, -0.25) is 14.4 Å². The molecule has 1 aliphatic carbocycles. The first-order valence-corrected chi connectivity index (χ1v) is 19.1. The third-order valence-corrected chi connectivity index (χ3v) is 10.9. The lowest BCUT2D eigenvalue weighted by Gasteiger charge is -2.35. The molecule has 3 heterocycles. The molecule has 4 amide bonds. The van der Waals surface area contributed by atoms with E-state index >= 15 is 0 Å². The van der Waals surface area contributed by atoms with Crippen molar-refractivity contribution in [1.82, 2.24) is 25.4 Å². The Hall–Kier alpha value is -3.74. The second-order valence-electron chi connectivity index (χ2n) is 16.3. The number of hydrogen-bond donors (Lipinski definition) is 2. The summed E-state index contributed by atoms with van der Waals surface area (Å²) in [6.45, 7) is 15.4. The molecule has 5 rings (SSSR count). The maximum atomic E-state index is 14.5. The van der Waals surface area contributed by atoms with Crippen LogP contribution in [-0.2, 0) is 25.7 Å². The summed E-state index contributed by atoms with van der Waals surface area (Å²) >= 11 is 1.56. The number of nitrogens with one attached hydrogen (secondary N) is 2. The number of carbonyl (C=O) groups excluding carboxylic acids is 4. The number of piperidine rings is 1. The Morgan fingerprint density at radius 3 is 2.37 bits per heavy atom. The van der Waals surface area contributed by atoms with Gasteiger partial charge in [-0.2, -0.15) is 0 Å². The van der Waals surface area contributed by atoms with Crippen molar-refractivity contribution in [3.8, 4) is 16.2 Å². The highest BCUT2D eigenvalue weighted by Gasteiger charge is 2.53. The van der Waals surface area contributed by atoms with Gasteiger partial charge >= 0.3 is 6.09 Å². The summed E-state index contributed by atoms with van der Waals surface area (Å²) in [5.74, 6) is -0.336. The number of carbonyl (C=O) groups is 4. The number of thiazole rings is 1. The SMILES string of the molecule is Cc1ncsc1-c1ccc(CNC(=O)[C@@H]2CCCN2C(=O)C(NC(=O)C2(F)CC2)C(C)(C)C)c(OCCC2CCN(C(=O)OC(C)(C)C)CC2)c1. The van der Waals surface area contributed by atoms with Crippen LogP contribution >= 0.6 is 11.3 Å². The predicted molar refractivity (Wildman–Crippen MR) is 194 cm³/mol. The molecule has 11 nitrogen and oxygen atoms in total. The lowest BCUT2D eigenvalue weighted by molar-refractivity contribution is -0.144. The van der Waals surface area contributed by atoms with Gasteiger partial charge in [-0.05, 0) is 95.6 Å². The van der Waals surface area contributed by atoms with E-state index in [0.29, 0.717) is 50.8 Å². The third-order valence-electron chi connectivity index (χ3n) is 9.90. The molecule has 0 spiro atoms. The molecule has 1 saturated carbocycles. The van der Waals surface area contributed by atoms with Crippen molar-refractivity contribution >= 4 is 35.2 Å². The molecule has 1 aromatic carbocycles. The van der Waals surface area contributed by atoms with E-state index in [-0.39, 0.29) is 37.3 Å². The minimum Gasteiger partial charge on any atom is -0.493 e. The number of alkyl halides is 1. The minimum atomic E-state index is -1.90. The van der Waals surface area contributed by atoms with Crippen LogP contribution in [0.4, 0.5) is 9.18 Å². The van der Waals surface area contributed by atoms with E-state index in [2.05, 4.69) is 15.6 Å². The maximum absolute atomic E-state index is 14.5. The molecule has 3 fully saturated rings. The first-order chi connectivity index (χ1) is 23.9. The van der Waals surface area contributed by atoms with Crippen molar-refractivity contribution in [1.29, 1.82) is 0 Å². The quantitative estimate of drug-likeness (QED) is 0.283. The largest absolute Gasteiger partial charge is 0.493 e. The van der Waals surface area contributed by atoms with E-state index in [4.69, 9.17) is 9.47 Å². The third kappa shape index (κ3) is 9.78. The van der Waals surface area contributed by atoms with Crippen molar-refractivity contribution < 1.29 is 33.0 Å². The van der Waals surface area contributed by atoms with Gasteiger partial charge < -0.3 is 29.9 Å². The van der Waals surface area contributed by atoms with Crippen LogP contribution in [0.1, 0.15) is 97.7 Å². The molecule has 1 aromatic heterocycles. The maximum Gasteiger partial charge on any atom is 0.410 e. The molecule has 0 bridgehead atoms. The van der Waals surface area contributed by atoms with Gasteiger partial charge in [0.05, 0.1) is 22.7 Å². The fourth-order valence-corrected chi connectivity index (χ4v) is 7.44. The van der Waals surface area contributed by atoms with E-state index in [0.717, 1.165) is 41.0 Å². The molecular formula is C38H54FN5O6S. The van der Waals surface area contributed by atoms with E-state index < -0.39 is 34.7 Å². The van der Waals surface area contributed by atoms with Crippen LogP contribution in [-0.4, -0.2) is 88.2 Å². The second kappa shape index (κ2) is 15.5. The number of amides is 4. The van der Waals surface area contributed by atoms with Crippen molar-refractivity contribution in [2.75, 3.05) is 26.2 Å². The average molecular weight is 728 g/mol. The number of hydrogen-bond acceptors (Lipinski definition) is 8. The fourth-order valence-electron chi connectivity index (χ4n) is 6.64. The highest BCUT2D eigenvalue weighted by molar-refractivity contribution is 7.13. The van der Waals surface area contributed by atoms with E-state index in [1.165, 1.54) is 4.90 Å². The Labute approximate surface area is 305 Å². The molecule has 2 N–H and O–H groups in total. The molecule has 0 radical (unpaired) electrons. The number of rotatable bonds is 11. The number of halogens is 1. The van der Waals surface area contributed by atoms with Crippen LogP contribution in [0.3, 0.4) is 0 Å². The van der Waals surface area contributed by atoms with Crippen LogP contribution in [0.15, 0.2) is 23.7 Å². The zero-order chi connectivity index (χ0) is 37.1. The van der Waals surface area contributed by atoms with Gasteiger partial charge in [0.1, 0.15) is 23.4 Å². The van der Waals surface area contributed by atoms with Crippen LogP contribution < -0.4 is 15.4 Å². The van der Waals surface area contributed by atoms with Gasteiger partial charge in [0, 0.05) is 31.7 Å². The molecule has 3 aliphatic rings. The summed E-state index contributed by atoms with van der Waals surface area (Å²) in [6.07, 6.45) is 3.76. The van der Waals surface area contributed by atoms with Gasteiger partial charge in [-0.15, -0.1) is 11.3 Å². The molecule has 1 unspecified atom stereocenters. The number of ether oxygens (including phenoxy) is 2. The molecule has 2 saturated heterocycles. The number of benzene rings is 1. The fraction of sp³-hybridized carbons (Fsp3) is 0.658. The van der Waals surface area contributed by atoms with Gasteiger partial charge in [0.25, 0.3) is 5.91 Å². The zero-order valence-corrected chi connectivity index (χ0v) is 31.9. The molecule has 2 aromatic rings. The van der Waals surface area contributed by atoms with Crippen molar-refractivity contribution in [2.45, 2.75) is 123 Å². The molecular weight excluding hydrogens is 674 g/mol. The molecule has 13 heteroatoms. The topological polar surface area (TPSA) is 130 Å². The van der Waals surface area contributed by atoms with Crippen LogP contribution in [0.2, 0.25) is 0 Å². The van der Waals surface area contributed by atoms with Crippen LogP contribution in [0.5, 0.6) is 5.75 Å². The summed E-state index contributed by atoms with van der Waals surface area (Å²) in [6, 6.07) is 4.29. The number of likely N-dealkylation sites (tertiary alicyclic amines) is 2. The summed E-state index contributed by atoms with van der Waals surface area (Å²) in [7, 11) is 0. The molecule has 51 heavy (non-hydrogen) atoms. The minimum absolute atomic E-state index is 0.157. The summed E-state index contributed by atoms with van der Waals surface area (Å²) in [4.78, 5) is 61.3. The number of aryl methyl sites for hydroxylation is 1. The standard InChI is InChI=1S/C38H54FN5O6S/c1-24-30(51-23-41-24)26-10-11-27(29(21-26)49-20-14-25-12-18-43(19-13-25)35(48)50-37(5,6)7)22-40-32(45)28-9-8-17-44(28)33(46)31(36(2,3)4)42-34(47)38(39)15-16-38/h10-11,21,23,25,28,31H,8-9,12-20,22H2,1-7H3,(H,40,45)(H,42,47)/t28-,31?/m0/s1. The van der Waals surface area contributed by atoms with Gasteiger partial charge in [0.2, 0.25) is 11.8 Å². The Bertz CT molecular complexity index is 1590. The molecule has 2 aliphatic heterocycles. The van der Waals surface area contributed by atoms with Crippen LogP contribution in [0.25, 0.3) is 10.4 Å². The first-order valence-electron chi connectivity index (χ1n) is 18.2. The Kier molecular flexibility index (Phi) is 11.7. The zero-order valence-electron chi connectivity index (χ0n) is 31.1. The van der Waals surface area contributed by atoms with E-state index in [9.17, 15) is 23.6 Å². The molecule has 280 valence electrons. The van der Waals surface area contributed by atoms with E-state index in [1.54, 1.807) is 16.2 Å². The van der Waals surface area contributed by atoms with Gasteiger partial charge in [0.15, 0.2) is 5.67 Å². The van der Waals surface area contributed by atoms with Gasteiger partial charge in [-0.1, -0.05) is 32.9 Å². The summed E-state index contributed by atoms with van der Waals surface area (Å²) in [5.41, 5.74) is 1.43. The van der Waals surface area contributed by atoms with Gasteiger partial charge in [-0.25, -0.2) is 14.2 Å². The highest BCUT2D eigenvalue weighted by Crippen LogP contribution is 2.40. The summed E-state index contributed by atoms with van der Waals surface area (Å²) in [5, 5.41) is 5.70. The number of nitrogens with zero attached hydrogens (tertiary/aromatic N) is 3. The predicted octanol–water partition coefficient (Wildman–Crippen LogP) is 6.17. The lowest BCUT2D eigenvalue weighted by Crippen LogP contribution is -2.58. The van der Waals surface area contributed by atoms with Crippen LogP contribution in [0, 0.1) is 18.3 Å².